The average molecular weight is 271 g/mol. The molecule has 1 aromatic carbocycles. The summed E-state index contributed by atoms with van der Waals surface area (Å²) in [5.74, 6) is 0.144. The molecular weight excluding hydrogens is 252 g/mol. The molecule has 0 aliphatic heterocycles. The number of rotatable bonds is 5. The van der Waals surface area contributed by atoms with Crippen molar-refractivity contribution in [2.75, 3.05) is 0 Å². The molecule has 0 heterocycles. The van der Waals surface area contributed by atoms with Crippen LogP contribution < -0.4 is 4.74 Å². The van der Waals surface area contributed by atoms with Gasteiger partial charge in [0.1, 0.15) is 11.9 Å². The number of benzene rings is 1. The molecule has 0 aliphatic rings. The predicted octanol–water partition coefficient (Wildman–Crippen LogP) is 4.01. The van der Waals surface area contributed by atoms with Crippen LogP contribution in [0.5, 0.6) is 5.75 Å². The van der Waals surface area contributed by atoms with E-state index in [1.165, 1.54) is 0 Å². The average Bonchev–Trinajstić information content (AvgIpc) is 2.20. The van der Waals surface area contributed by atoms with Crippen molar-refractivity contribution in [1.29, 1.82) is 0 Å². The number of carboxylic acid groups (broad SMARTS) is 1. The van der Waals surface area contributed by atoms with Gasteiger partial charge in [-0.2, -0.15) is 0 Å². The van der Waals surface area contributed by atoms with Crippen LogP contribution in [0.1, 0.15) is 44.2 Å². The smallest absolute Gasteiger partial charge is 0.307 e. The van der Waals surface area contributed by atoms with E-state index in [1.807, 2.05) is 19.1 Å². The van der Waals surface area contributed by atoms with E-state index in [1.54, 1.807) is 6.92 Å². The first-order valence-corrected chi connectivity index (χ1v) is 6.37. The highest BCUT2D eigenvalue weighted by Crippen LogP contribution is 2.32. The minimum atomic E-state index is -0.863. The van der Waals surface area contributed by atoms with Crippen molar-refractivity contribution in [3.63, 3.8) is 0 Å². The van der Waals surface area contributed by atoms with Crippen LogP contribution in [0.15, 0.2) is 12.1 Å². The van der Waals surface area contributed by atoms with Gasteiger partial charge in [0.05, 0.1) is 6.42 Å². The van der Waals surface area contributed by atoms with Crippen molar-refractivity contribution >= 4 is 17.6 Å². The number of hydrogen-bond donors (Lipinski definition) is 1. The fourth-order valence-electron chi connectivity index (χ4n) is 1.74. The summed E-state index contributed by atoms with van der Waals surface area (Å²) in [6.45, 7) is 7.76. The summed E-state index contributed by atoms with van der Waals surface area (Å²) in [4.78, 5) is 10.6. The summed E-state index contributed by atoms with van der Waals surface area (Å²) in [5.41, 5.74) is 1.93. The second-order valence-corrected chi connectivity index (χ2v) is 5.23. The Morgan fingerprint density at radius 1 is 1.39 bits per heavy atom. The zero-order valence-electron chi connectivity index (χ0n) is 11.2. The van der Waals surface area contributed by atoms with E-state index in [4.69, 9.17) is 21.4 Å². The Labute approximate surface area is 113 Å². The molecular formula is C14H19ClO3. The molecule has 0 bridgehead atoms. The summed E-state index contributed by atoms with van der Waals surface area (Å²) in [5, 5.41) is 9.44. The van der Waals surface area contributed by atoms with Crippen LogP contribution in [0.2, 0.25) is 5.02 Å². The van der Waals surface area contributed by atoms with Crippen LogP contribution in [-0.4, -0.2) is 17.2 Å². The van der Waals surface area contributed by atoms with Crippen LogP contribution in [0, 0.1) is 6.92 Å². The van der Waals surface area contributed by atoms with Crippen molar-refractivity contribution in [1.82, 2.24) is 0 Å². The molecule has 0 amide bonds. The van der Waals surface area contributed by atoms with Crippen molar-refractivity contribution in [3.8, 4) is 5.75 Å². The van der Waals surface area contributed by atoms with E-state index in [2.05, 4.69) is 13.8 Å². The first kappa shape index (κ1) is 14.8. The molecule has 0 saturated heterocycles. The molecule has 0 radical (unpaired) electrons. The Balaban J connectivity index is 2.95. The summed E-state index contributed by atoms with van der Waals surface area (Å²) in [7, 11) is 0. The van der Waals surface area contributed by atoms with Gasteiger partial charge in [0.15, 0.2) is 0 Å². The van der Waals surface area contributed by atoms with Crippen molar-refractivity contribution in [2.24, 2.45) is 0 Å². The molecule has 0 fully saturated rings. The fourth-order valence-corrected chi connectivity index (χ4v) is 2.18. The van der Waals surface area contributed by atoms with E-state index in [-0.39, 0.29) is 12.5 Å². The van der Waals surface area contributed by atoms with Crippen molar-refractivity contribution < 1.29 is 14.6 Å². The van der Waals surface area contributed by atoms with E-state index < -0.39 is 5.97 Å². The van der Waals surface area contributed by atoms with E-state index in [0.29, 0.717) is 11.7 Å². The maximum Gasteiger partial charge on any atom is 0.307 e. The summed E-state index contributed by atoms with van der Waals surface area (Å²) < 4.78 is 5.66. The molecule has 0 aliphatic carbocycles. The largest absolute Gasteiger partial charge is 0.490 e. The number of halogens is 1. The SMILES string of the molecule is Cc1cc(Cl)c(C(C)C)cc1O[C@@H](C)CC(=O)O. The normalized spacial score (nSPS) is 12.6. The maximum absolute atomic E-state index is 10.6. The topological polar surface area (TPSA) is 46.5 Å². The standard InChI is InChI=1S/C14H19ClO3/c1-8(2)11-7-13(9(3)5-12(11)15)18-10(4)6-14(16)17/h5,7-8,10H,6H2,1-4H3,(H,16,17)/t10-/m0/s1. The van der Waals surface area contributed by atoms with Crippen LogP contribution in [0.4, 0.5) is 0 Å². The highest BCUT2D eigenvalue weighted by molar-refractivity contribution is 6.31. The molecule has 100 valence electrons. The quantitative estimate of drug-likeness (QED) is 0.879. The predicted molar refractivity (Wildman–Crippen MR) is 72.6 cm³/mol. The van der Waals surface area contributed by atoms with Gasteiger partial charge in [0, 0.05) is 5.02 Å². The zero-order chi connectivity index (χ0) is 13.9. The number of ether oxygens (including phenoxy) is 1. The maximum atomic E-state index is 10.6. The third kappa shape index (κ3) is 3.91. The number of aliphatic carboxylic acids is 1. The van der Waals surface area contributed by atoms with E-state index in [9.17, 15) is 4.79 Å². The van der Waals surface area contributed by atoms with E-state index in [0.717, 1.165) is 16.1 Å². The highest BCUT2D eigenvalue weighted by Gasteiger charge is 2.14. The molecule has 0 saturated carbocycles. The molecule has 1 atom stereocenters. The summed E-state index contributed by atoms with van der Waals surface area (Å²) in [6, 6.07) is 3.76. The Bertz CT molecular complexity index is 441. The second kappa shape index (κ2) is 6.10. The number of carboxylic acids is 1. The fraction of sp³-hybridized carbons (Fsp3) is 0.500. The molecule has 0 aromatic heterocycles. The number of hydrogen-bond acceptors (Lipinski definition) is 2. The van der Waals surface area contributed by atoms with Gasteiger partial charge in [0.2, 0.25) is 0 Å². The zero-order valence-corrected chi connectivity index (χ0v) is 11.9. The third-order valence-electron chi connectivity index (χ3n) is 2.71. The van der Waals surface area contributed by atoms with Gasteiger partial charge in [-0.1, -0.05) is 25.4 Å². The van der Waals surface area contributed by atoms with Crippen LogP contribution in [0.25, 0.3) is 0 Å². The first-order chi connectivity index (χ1) is 8.31. The highest BCUT2D eigenvalue weighted by atomic mass is 35.5. The summed E-state index contributed by atoms with van der Waals surface area (Å²) in [6.07, 6.45) is -0.374. The van der Waals surface area contributed by atoms with Gasteiger partial charge in [-0.15, -0.1) is 0 Å². The molecule has 0 spiro atoms. The Hall–Kier alpha value is -1.22. The lowest BCUT2D eigenvalue weighted by Gasteiger charge is -2.18. The number of aryl methyl sites for hydroxylation is 1. The lowest BCUT2D eigenvalue weighted by atomic mass is 10.0. The van der Waals surface area contributed by atoms with Gasteiger partial charge in [-0.05, 0) is 43.0 Å². The van der Waals surface area contributed by atoms with Gasteiger partial charge in [-0.25, -0.2) is 0 Å². The van der Waals surface area contributed by atoms with Gasteiger partial charge in [-0.3, -0.25) is 4.79 Å². The minimum Gasteiger partial charge on any atom is -0.490 e. The molecule has 1 aromatic rings. The van der Waals surface area contributed by atoms with E-state index >= 15 is 0 Å². The van der Waals surface area contributed by atoms with Gasteiger partial charge in [0.25, 0.3) is 0 Å². The van der Waals surface area contributed by atoms with Crippen molar-refractivity contribution in [2.45, 2.75) is 46.1 Å². The second-order valence-electron chi connectivity index (χ2n) is 4.82. The molecule has 1 rings (SSSR count). The third-order valence-corrected chi connectivity index (χ3v) is 3.03. The molecule has 4 heteroatoms. The first-order valence-electron chi connectivity index (χ1n) is 5.99. The molecule has 18 heavy (non-hydrogen) atoms. The lowest BCUT2D eigenvalue weighted by molar-refractivity contribution is -0.138. The molecule has 3 nitrogen and oxygen atoms in total. The van der Waals surface area contributed by atoms with Gasteiger partial charge >= 0.3 is 5.97 Å². The number of carbonyl (C=O) groups is 1. The van der Waals surface area contributed by atoms with Gasteiger partial charge < -0.3 is 9.84 Å². The monoisotopic (exact) mass is 270 g/mol. The molecule has 0 unspecified atom stereocenters. The Morgan fingerprint density at radius 2 is 2.00 bits per heavy atom. The Morgan fingerprint density at radius 3 is 2.50 bits per heavy atom. The van der Waals surface area contributed by atoms with Crippen LogP contribution in [0.3, 0.4) is 0 Å². The van der Waals surface area contributed by atoms with Crippen molar-refractivity contribution in [3.05, 3.63) is 28.3 Å². The molecule has 1 N–H and O–H groups in total. The summed E-state index contributed by atoms with van der Waals surface area (Å²) >= 11 is 6.17. The van der Waals surface area contributed by atoms with Crippen LogP contribution >= 0.6 is 11.6 Å². The lowest BCUT2D eigenvalue weighted by Crippen LogP contribution is -2.17. The Kier molecular flexibility index (Phi) is 5.03. The minimum absolute atomic E-state index is 0.0148. The van der Waals surface area contributed by atoms with Crippen LogP contribution in [-0.2, 0) is 4.79 Å².